The van der Waals surface area contributed by atoms with Crippen LogP contribution in [-0.2, 0) is 14.4 Å². The summed E-state index contributed by atoms with van der Waals surface area (Å²) in [5.74, 6) is 3.86. The molecular weight excluding hydrogens is 366 g/mol. The first kappa shape index (κ1) is 30.5. The van der Waals surface area contributed by atoms with Crippen molar-refractivity contribution in [1.82, 2.24) is 21.4 Å². The Bertz CT molecular complexity index is 443. The molecule has 11 nitrogen and oxygen atoms in total. The van der Waals surface area contributed by atoms with Gasteiger partial charge in [0.25, 0.3) is 0 Å². The average molecular weight is 406 g/mol. The Labute approximate surface area is 167 Å². The van der Waals surface area contributed by atoms with E-state index in [2.05, 4.69) is 35.2 Å². The molecule has 0 heterocycles. The highest BCUT2D eigenvalue weighted by molar-refractivity contribution is 5.91. The summed E-state index contributed by atoms with van der Waals surface area (Å²) in [6.07, 6.45) is 2.05. The first-order valence-corrected chi connectivity index (χ1v) is 9.50. The molecule has 0 aromatic rings. The third kappa shape index (κ3) is 18.5. The standard InChI is InChI=1S/C12H25N7O4.C3H8.C2H6/c1-7(20)8(3-2-4-16-12(14)23)18-10(21)6-17-11(22)9(5-13)19-15;1-3-2;1-2/h8-9,19H,2-6,13,15H2,1H3,(H,17,22)(H,18,21)(H3,14,16,23);3H2,1-2H3;1-2H3. The Morgan fingerprint density at radius 1 is 1.00 bits per heavy atom. The number of hydrogen-bond donors (Lipinski definition) is 7. The van der Waals surface area contributed by atoms with Crippen molar-refractivity contribution < 1.29 is 19.2 Å². The van der Waals surface area contributed by atoms with E-state index in [9.17, 15) is 19.2 Å². The molecule has 0 rings (SSSR count). The Morgan fingerprint density at radius 3 is 1.93 bits per heavy atom. The molecule has 28 heavy (non-hydrogen) atoms. The quantitative estimate of drug-likeness (QED) is 0.128. The van der Waals surface area contributed by atoms with Gasteiger partial charge in [0, 0.05) is 13.1 Å². The number of hydrogen-bond acceptors (Lipinski definition) is 7. The van der Waals surface area contributed by atoms with E-state index in [1.165, 1.54) is 13.3 Å². The monoisotopic (exact) mass is 405 g/mol. The molecule has 10 N–H and O–H groups in total. The van der Waals surface area contributed by atoms with E-state index in [4.69, 9.17) is 17.3 Å². The molecular formula is C17H39N7O4. The summed E-state index contributed by atoms with van der Waals surface area (Å²) in [6, 6.07) is -2.16. The molecule has 0 saturated heterocycles. The maximum atomic E-state index is 11.8. The zero-order valence-electron chi connectivity index (χ0n) is 17.8. The predicted octanol–water partition coefficient (Wildman–Crippen LogP) is -1.14. The van der Waals surface area contributed by atoms with E-state index in [0.29, 0.717) is 19.4 Å². The highest BCUT2D eigenvalue weighted by atomic mass is 16.2. The van der Waals surface area contributed by atoms with Crippen molar-refractivity contribution in [2.75, 3.05) is 19.6 Å². The van der Waals surface area contributed by atoms with Gasteiger partial charge >= 0.3 is 6.03 Å². The van der Waals surface area contributed by atoms with Crippen LogP contribution in [0.25, 0.3) is 0 Å². The van der Waals surface area contributed by atoms with Crippen LogP contribution in [0, 0.1) is 0 Å². The molecule has 0 spiro atoms. The van der Waals surface area contributed by atoms with Crippen LogP contribution in [-0.4, -0.2) is 55.3 Å². The van der Waals surface area contributed by atoms with Crippen LogP contribution in [0.15, 0.2) is 0 Å². The van der Waals surface area contributed by atoms with E-state index >= 15 is 0 Å². The summed E-state index contributed by atoms with van der Waals surface area (Å²) in [5, 5.41) is 7.24. The number of amides is 4. The fourth-order valence-electron chi connectivity index (χ4n) is 1.68. The molecule has 0 aliphatic rings. The largest absolute Gasteiger partial charge is 0.352 e. The van der Waals surface area contributed by atoms with E-state index < -0.39 is 29.9 Å². The third-order valence-electron chi connectivity index (χ3n) is 2.97. The number of carbonyl (C=O) groups excluding carboxylic acids is 4. The van der Waals surface area contributed by atoms with Gasteiger partial charge in [0.1, 0.15) is 6.04 Å². The van der Waals surface area contributed by atoms with Crippen LogP contribution in [0.3, 0.4) is 0 Å². The Kier molecular flexibility index (Phi) is 22.9. The van der Waals surface area contributed by atoms with Crippen molar-refractivity contribution in [3.63, 3.8) is 0 Å². The number of nitrogens with one attached hydrogen (secondary N) is 4. The van der Waals surface area contributed by atoms with Gasteiger partial charge in [0.05, 0.1) is 12.6 Å². The van der Waals surface area contributed by atoms with E-state index in [-0.39, 0.29) is 18.9 Å². The molecule has 0 aliphatic heterocycles. The van der Waals surface area contributed by atoms with Crippen molar-refractivity contribution >= 4 is 23.6 Å². The van der Waals surface area contributed by atoms with Crippen molar-refractivity contribution in [2.45, 2.75) is 66.0 Å². The smallest absolute Gasteiger partial charge is 0.312 e. The lowest BCUT2D eigenvalue weighted by atomic mass is 10.1. The minimum Gasteiger partial charge on any atom is -0.352 e. The summed E-state index contributed by atoms with van der Waals surface area (Å²) in [6.45, 7) is 9.56. The van der Waals surface area contributed by atoms with E-state index in [0.717, 1.165) is 0 Å². The lowest BCUT2D eigenvalue weighted by molar-refractivity contribution is -0.129. The zero-order valence-corrected chi connectivity index (χ0v) is 17.8. The number of Topliss-reactive ketones (excluding diaryl/α,β-unsaturated/α-hetero) is 1. The van der Waals surface area contributed by atoms with Gasteiger partial charge in [-0.25, -0.2) is 10.2 Å². The number of nitrogens with two attached hydrogens (primary N) is 3. The molecule has 0 bridgehead atoms. The fourth-order valence-corrected chi connectivity index (χ4v) is 1.68. The summed E-state index contributed by atoms with van der Waals surface area (Å²) in [7, 11) is 0. The van der Waals surface area contributed by atoms with Crippen LogP contribution in [0.1, 0.15) is 53.9 Å². The minimum absolute atomic E-state index is 0.0209. The summed E-state index contributed by atoms with van der Waals surface area (Å²) in [4.78, 5) is 45.3. The second-order valence-electron chi connectivity index (χ2n) is 5.54. The second kappa shape index (κ2) is 21.1. The molecule has 0 fully saturated rings. The van der Waals surface area contributed by atoms with Crippen molar-refractivity contribution in [3.8, 4) is 0 Å². The highest BCUT2D eigenvalue weighted by Gasteiger charge is 2.19. The number of carbonyl (C=O) groups is 4. The highest BCUT2D eigenvalue weighted by Crippen LogP contribution is 1.98. The Hall–Kier alpha value is -2.24. The van der Waals surface area contributed by atoms with Crippen LogP contribution < -0.4 is 38.7 Å². The van der Waals surface area contributed by atoms with Gasteiger partial charge in [-0.15, -0.1) is 0 Å². The predicted molar refractivity (Wildman–Crippen MR) is 110 cm³/mol. The Morgan fingerprint density at radius 2 is 1.54 bits per heavy atom. The number of rotatable bonds is 11. The second-order valence-corrected chi connectivity index (χ2v) is 5.54. The number of primary amides is 1. The number of urea groups is 1. The van der Waals surface area contributed by atoms with E-state index in [1.807, 2.05) is 13.8 Å². The first-order chi connectivity index (χ1) is 13.2. The SMILES string of the molecule is CC.CC(=O)C(CCCNC(N)=O)NC(=O)CNC(=O)C(CN)NN.CCC. The number of ketones is 1. The van der Waals surface area contributed by atoms with Crippen LogP contribution in [0.2, 0.25) is 0 Å². The molecule has 166 valence electrons. The van der Waals surface area contributed by atoms with E-state index in [1.54, 1.807) is 0 Å². The van der Waals surface area contributed by atoms with Gasteiger partial charge in [-0.1, -0.05) is 34.1 Å². The summed E-state index contributed by atoms with van der Waals surface area (Å²) in [5.41, 5.74) is 12.4. The molecule has 0 aromatic carbocycles. The van der Waals surface area contributed by atoms with Gasteiger partial charge in [-0.05, 0) is 19.8 Å². The van der Waals surface area contributed by atoms with Crippen molar-refractivity contribution in [2.24, 2.45) is 17.3 Å². The topological polar surface area (TPSA) is 194 Å². The lowest BCUT2D eigenvalue weighted by Gasteiger charge is -2.17. The van der Waals surface area contributed by atoms with Crippen LogP contribution in [0.5, 0.6) is 0 Å². The van der Waals surface area contributed by atoms with Crippen LogP contribution >= 0.6 is 0 Å². The fraction of sp³-hybridized carbons (Fsp3) is 0.765. The molecule has 4 amide bonds. The van der Waals surface area contributed by atoms with Gasteiger partial charge in [-0.3, -0.25) is 20.2 Å². The third-order valence-corrected chi connectivity index (χ3v) is 2.97. The van der Waals surface area contributed by atoms with Gasteiger partial charge in [0.15, 0.2) is 5.78 Å². The molecule has 2 unspecified atom stereocenters. The molecule has 2 atom stereocenters. The van der Waals surface area contributed by atoms with Crippen molar-refractivity contribution in [3.05, 3.63) is 0 Å². The minimum atomic E-state index is -0.800. The Balaban J connectivity index is -0.00000113. The lowest BCUT2D eigenvalue weighted by Crippen LogP contribution is -2.53. The maximum absolute atomic E-state index is 11.8. The zero-order chi connectivity index (χ0) is 22.5. The number of hydrazine groups is 1. The normalized spacial score (nSPS) is 11.4. The molecule has 0 radical (unpaired) electrons. The van der Waals surface area contributed by atoms with Crippen LogP contribution in [0.4, 0.5) is 4.79 Å². The average Bonchev–Trinajstić information content (AvgIpc) is 2.65. The molecule has 0 aliphatic carbocycles. The molecule has 0 aromatic heterocycles. The van der Waals surface area contributed by atoms with Gasteiger partial charge in [0.2, 0.25) is 11.8 Å². The van der Waals surface area contributed by atoms with Crippen molar-refractivity contribution in [1.29, 1.82) is 0 Å². The summed E-state index contributed by atoms with van der Waals surface area (Å²) < 4.78 is 0. The van der Waals surface area contributed by atoms with Gasteiger partial charge in [-0.2, -0.15) is 0 Å². The van der Waals surface area contributed by atoms with Gasteiger partial charge < -0.3 is 27.4 Å². The molecule has 0 saturated carbocycles. The summed E-state index contributed by atoms with van der Waals surface area (Å²) >= 11 is 0. The maximum Gasteiger partial charge on any atom is 0.312 e. The molecule has 11 heteroatoms. The first-order valence-electron chi connectivity index (χ1n) is 9.50.